The van der Waals surface area contributed by atoms with Crippen molar-refractivity contribution in [1.82, 2.24) is 19.3 Å². The first-order valence-electron chi connectivity index (χ1n) is 8.78. The molecule has 1 aliphatic heterocycles. The number of aromatic nitrogens is 4. The quantitative estimate of drug-likeness (QED) is 0.481. The third-order valence-corrected chi connectivity index (χ3v) is 4.64. The number of hydrogen-bond acceptors (Lipinski definition) is 5. The number of aryl methyl sites for hydroxylation is 2. The van der Waals surface area contributed by atoms with Gasteiger partial charge >= 0.3 is 0 Å². The van der Waals surface area contributed by atoms with Gasteiger partial charge in [-0.15, -0.1) is 0 Å². The van der Waals surface area contributed by atoms with Crippen molar-refractivity contribution in [3.8, 4) is 5.75 Å². The molecule has 4 N–H and O–H groups in total. The third-order valence-electron chi connectivity index (χ3n) is 4.64. The lowest BCUT2D eigenvalue weighted by Gasteiger charge is -2.24. The molecule has 0 radical (unpaired) electrons. The number of amidine groups is 1. The molecule has 1 aromatic carbocycles. The van der Waals surface area contributed by atoms with E-state index in [4.69, 9.17) is 15.9 Å². The van der Waals surface area contributed by atoms with Crippen molar-refractivity contribution in [3.63, 3.8) is 0 Å². The molecule has 140 valence electrons. The molecule has 27 heavy (non-hydrogen) atoms. The van der Waals surface area contributed by atoms with E-state index in [1.807, 2.05) is 25.3 Å². The zero-order chi connectivity index (χ0) is 19.3. The minimum Gasteiger partial charge on any atom is -0.489 e. The zero-order valence-electron chi connectivity index (χ0n) is 15.4. The standard InChI is InChI=1S/C18H21N7O2/c1-4-24-13(5-9(2)23-24)17(26)22-18-21-12-6-11(16(19)20)7-14-15(12)25(18)10(3)8-27-14/h5-7,10H,4,8H2,1-3H3,(H3,19,20)(H,21,22,26)/t10-/m0/s1. The first-order valence-corrected chi connectivity index (χ1v) is 8.78. The number of nitrogens with zero attached hydrogens (tertiary/aromatic N) is 4. The Balaban J connectivity index is 1.80. The highest BCUT2D eigenvalue weighted by Gasteiger charge is 2.27. The van der Waals surface area contributed by atoms with Gasteiger partial charge in [0.2, 0.25) is 5.95 Å². The molecule has 0 unspecified atom stereocenters. The maximum absolute atomic E-state index is 12.8. The van der Waals surface area contributed by atoms with Crippen LogP contribution in [-0.4, -0.2) is 37.7 Å². The van der Waals surface area contributed by atoms with E-state index in [0.717, 1.165) is 11.2 Å². The van der Waals surface area contributed by atoms with Gasteiger partial charge in [-0.2, -0.15) is 5.10 Å². The summed E-state index contributed by atoms with van der Waals surface area (Å²) in [6, 6.07) is 5.22. The number of amides is 1. The second-order valence-corrected chi connectivity index (χ2v) is 6.66. The maximum Gasteiger partial charge on any atom is 0.276 e. The van der Waals surface area contributed by atoms with Crippen LogP contribution in [0.2, 0.25) is 0 Å². The topological polar surface area (TPSA) is 124 Å². The predicted molar refractivity (Wildman–Crippen MR) is 102 cm³/mol. The third kappa shape index (κ3) is 2.71. The highest BCUT2D eigenvalue weighted by Crippen LogP contribution is 2.36. The largest absolute Gasteiger partial charge is 0.489 e. The lowest BCUT2D eigenvalue weighted by molar-refractivity contribution is 0.101. The van der Waals surface area contributed by atoms with Crippen LogP contribution in [0.4, 0.5) is 5.95 Å². The van der Waals surface area contributed by atoms with Crippen LogP contribution in [0.25, 0.3) is 11.0 Å². The van der Waals surface area contributed by atoms with Gasteiger partial charge in [-0.3, -0.25) is 20.2 Å². The first-order chi connectivity index (χ1) is 12.9. The van der Waals surface area contributed by atoms with E-state index in [1.54, 1.807) is 22.9 Å². The number of anilines is 1. The van der Waals surface area contributed by atoms with Crippen LogP contribution in [0.1, 0.15) is 41.6 Å². The minimum absolute atomic E-state index is 0.00111. The van der Waals surface area contributed by atoms with Crippen molar-refractivity contribution >= 4 is 28.7 Å². The molecule has 3 heterocycles. The fourth-order valence-electron chi connectivity index (χ4n) is 3.40. The van der Waals surface area contributed by atoms with Crippen LogP contribution in [0, 0.1) is 12.3 Å². The molecule has 1 atom stereocenters. The Morgan fingerprint density at radius 2 is 2.22 bits per heavy atom. The molecule has 0 spiro atoms. The van der Waals surface area contributed by atoms with Gasteiger partial charge in [0.05, 0.1) is 17.3 Å². The van der Waals surface area contributed by atoms with Crippen molar-refractivity contribution in [1.29, 1.82) is 5.41 Å². The molecule has 9 nitrogen and oxygen atoms in total. The lowest BCUT2D eigenvalue weighted by Crippen LogP contribution is -2.24. The number of ether oxygens (including phenoxy) is 1. The van der Waals surface area contributed by atoms with Crippen LogP contribution >= 0.6 is 0 Å². The second-order valence-electron chi connectivity index (χ2n) is 6.66. The van der Waals surface area contributed by atoms with Gasteiger partial charge in [0.25, 0.3) is 5.91 Å². The van der Waals surface area contributed by atoms with Gasteiger partial charge < -0.3 is 15.0 Å². The predicted octanol–water partition coefficient (Wildman–Crippen LogP) is 2.05. The molecule has 0 fully saturated rings. The Morgan fingerprint density at radius 1 is 1.44 bits per heavy atom. The molecule has 0 aliphatic carbocycles. The molecular weight excluding hydrogens is 346 g/mol. The molecule has 0 saturated heterocycles. The summed E-state index contributed by atoms with van der Waals surface area (Å²) < 4.78 is 9.42. The van der Waals surface area contributed by atoms with Crippen LogP contribution < -0.4 is 15.8 Å². The summed E-state index contributed by atoms with van der Waals surface area (Å²) >= 11 is 0. The molecule has 0 saturated carbocycles. The summed E-state index contributed by atoms with van der Waals surface area (Å²) in [5.74, 6) is 0.723. The summed E-state index contributed by atoms with van der Waals surface area (Å²) in [6.45, 7) is 6.83. The Morgan fingerprint density at radius 3 is 2.93 bits per heavy atom. The summed E-state index contributed by atoms with van der Waals surface area (Å²) in [6.07, 6.45) is 0. The van der Waals surface area contributed by atoms with Gasteiger partial charge in [-0.1, -0.05) is 0 Å². The Labute approximate surface area is 155 Å². The Kier molecular flexibility index (Phi) is 3.87. The summed E-state index contributed by atoms with van der Waals surface area (Å²) in [4.78, 5) is 17.4. The van der Waals surface area contributed by atoms with Crippen molar-refractivity contribution in [2.45, 2.75) is 33.4 Å². The number of hydrogen-bond donors (Lipinski definition) is 3. The molecule has 0 bridgehead atoms. The number of carbonyl (C=O) groups excluding carboxylic acids is 1. The molecule has 4 rings (SSSR count). The SMILES string of the molecule is CCn1nc(C)cc1C(=O)Nc1nc2cc(C(=N)N)cc3c2n1[C@@H](C)CO3. The minimum atomic E-state index is -0.268. The van der Waals surface area contributed by atoms with E-state index >= 15 is 0 Å². The van der Waals surface area contributed by atoms with Gasteiger partial charge in [0.1, 0.15) is 29.4 Å². The van der Waals surface area contributed by atoms with Crippen molar-refractivity contribution in [3.05, 3.63) is 35.2 Å². The molecule has 1 aliphatic rings. The monoisotopic (exact) mass is 367 g/mol. The van der Waals surface area contributed by atoms with Crippen LogP contribution in [-0.2, 0) is 6.54 Å². The zero-order valence-corrected chi connectivity index (χ0v) is 15.4. The highest BCUT2D eigenvalue weighted by atomic mass is 16.5. The molecule has 2 aromatic heterocycles. The average molecular weight is 367 g/mol. The lowest BCUT2D eigenvalue weighted by atomic mass is 10.1. The van der Waals surface area contributed by atoms with Crippen molar-refractivity contribution in [2.24, 2.45) is 5.73 Å². The van der Waals surface area contributed by atoms with Crippen molar-refractivity contribution in [2.75, 3.05) is 11.9 Å². The summed E-state index contributed by atoms with van der Waals surface area (Å²) in [5.41, 5.74) is 8.84. The number of imidazole rings is 1. The van der Waals surface area contributed by atoms with E-state index in [2.05, 4.69) is 15.4 Å². The molecule has 3 aromatic rings. The van der Waals surface area contributed by atoms with Crippen LogP contribution in [0.3, 0.4) is 0 Å². The highest BCUT2D eigenvalue weighted by molar-refractivity contribution is 6.04. The van der Waals surface area contributed by atoms with Crippen LogP contribution in [0.5, 0.6) is 5.75 Å². The number of nitrogen functional groups attached to an aromatic ring is 1. The molecule has 9 heteroatoms. The number of benzene rings is 1. The Bertz CT molecular complexity index is 1080. The van der Waals surface area contributed by atoms with E-state index in [0.29, 0.717) is 41.6 Å². The number of nitrogens with one attached hydrogen (secondary N) is 2. The van der Waals surface area contributed by atoms with E-state index < -0.39 is 0 Å². The molecule has 1 amide bonds. The van der Waals surface area contributed by atoms with Gasteiger partial charge in [-0.05, 0) is 39.0 Å². The number of rotatable bonds is 4. The Hall–Kier alpha value is -3.36. The fourth-order valence-corrected chi connectivity index (χ4v) is 3.40. The smallest absolute Gasteiger partial charge is 0.276 e. The van der Waals surface area contributed by atoms with E-state index in [-0.39, 0.29) is 17.8 Å². The van der Waals surface area contributed by atoms with Gasteiger partial charge in [0.15, 0.2) is 0 Å². The second kappa shape index (κ2) is 6.11. The first kappa shape index (κ1) is 17.1. The fraction of sp³-hybridized carbons (Fsp3) is 0.333. The van der Waals surface area contributed by atoms with Gasteiger partial charge in [0, 0.05) is 12.1 Å². The molecular formula is C18H21N7O2. The van der Waals surface area contributed by atoms with Crippen LogP contribution in [0.15, 0.2) is 18.2 Å². The number of nitrogens with two attached hydrogens (primary N) is 1. The normalized spacial score (nSPS) is 15.6. The van der Waals surface area contributed by atoms with E-state index in [1.165, 1.54) is 0 Å². The summed E-state index contributed by atoms with van der Waals surface area (Å²) in [7, 11) is 0. The average Bonchev–Trinajstić information content (AvgIpc) is 3.19. The van der Waals surface area contributed by atoms with Gasteiger partial charge in [-0.25, -0.2) is 4.98 Å². The maximum atomic E-state index is 12.8. The number of carbonyl (C=O) groups is 1. The summed E-state index contributed by atoms with van der Waals surface area (Å²) in [5, 5.41) is 14.9. The van der Waals surface area contributed by atoms with Crippen molar-refractivity contribution < 1.29 is 9.53 Å². The van der Waals surface area contributed by atoms with E-state index in [9.17, 15) is 4.79 Å².